The Morgan fingerprint density at radius 2 is 1.82 bits per heavy atom. The summed E-state index contributed by atoms with van der Waals surface area (Å²) in [5.41, 5.74) is 0. The molecule has 1 aliphatic carbocycles. The van der Waals surface area contributed by atoms with Crippen LogP contribution in [0.1, 0.15) is 52.9 Å². The standard InChI is InChI=1S/C11H22/c1-4-10-7-11(8-10)6-5-9(2)3/h9-11H,4-8H2,1-3H3. The minimum Gasteiger partial charge on any atom is -0.0651 e. The third-order valence-corrected chi connectivity index (χ3v) is 3.06. The molecular weight excluding hydrogens is 132 g/mol. The topological polar surface area (TPSA) is 0 Å². The molecule has 0 aromatic rings. The van der Waals surface area contributed by atoms with Crippen molar-refractivity contribution in [2.45, 2.75) is 52.9 Å². The monoisotopic (exact) mass is 154 g/mol. The quantitative estimate of drug-likeness (QED) is 0.577. The van der Waals surface area contributed by atoms with Crippen LogP contribution in [-0.2, 0) is 0 Å². The molecule has 0 aromatic carbocycles. The van der Waals surface area contributed by atoms with Crippen LogP contribution in [0.15, 0.2) is 0 Å². The summed E-state index contributed by atoms with van der Waals surface area (Å²) in [6.07, 6.45) is 7.42. The molecule has 1 saturated carbocycles. The Bertz CT molecular complexity index is 98.6. The molecule has 0 radical (unpaired) electrons. The highest BCUT2D eigenvalue weighted by atomic mass is 14.3. The molecule has 0 nitrogen and oxygen atoms in total. The van der Waals surface area contributed by atoms with Gasteiger partial charge in [0, 0.05) is 0 Å². The fraction of sp³-hybridized carbons (Fsp3) is 1.00. The molecule has 1 rings (SSSR count). The number of hydrogen-bond donors (Lipinski definition) is 0. The van der Waals surface area contributed by atoms with Gasteiger partial charge in [0.1, 0.15) is 0 Å². The van der Waals surface area contributed by atoms with Crippen LogP contribution in [0.4, 0.5) is 0 Å². The highest BCUT2D eigenvalue weighted by molar-refractivity contribution is 4.78. The lowest BCUT2D eigenvalue weighted by Crippen LogP contribution is -2.23. The SMILES string of the molecule is CCC1CC(CCC(C)C)C1. The zero-order chi connectivity index (χ0) is 8.27. The van der Waals surface area contributed by atoms with Gasteiger partial charge < -0.3 is 0 Å². The molecule has 0 amide bonds. The molecule has 0 spiro atoms. The van der Waals surface area contributed by atoms with E-state index >= 15 is 0 Å². The van der Waals surface area contributed by atoms with Crippen molar-refractivity contribution in [3.05, 3.63) is 0 Å². The van der Waals surface area contributed by atoms with Crippen LogP contribution in [0.2, 0.25) is 0 Å². The maximum absolute atomic E-state index is 2.33. The molecule has 0 saturated heterocycles. The summed E-state index contributed by atoms with van der Waals surface area (Å²) in [7, 11) is 0. The minimum absolute atomic E-state index is 0.913. The maximum Gasteiger partial charge on any atom is -0.0409 e. The zero-order valence-electron chi connectivity index (χ0n) is 8.27. The van der Waals surface area contributed by atoms with Crippen LogP contribution in [0.3, 0.4) is 0 Å². The average Bonchev–Trinajstić information content (AvgIpc) is 1.84. The number of rotatable bonds is 4. The summed E-state index contributed by atoms with van der Waals surface area (Å²) in [4.78, 5) is 0. The van der Waals surface area contributed by atoms with Crippen molar-refractivity contribution in [1.82, 2.24) is 0 Å². The number of hydrogen-bond acceptors (Lipinski definition) is 0. The summed E-state index contributed by atoms with van der Waals surface area (Å²) in [5.74, 6) is 3.10. The van der Waals surface area contributed by atoms with Gasteiger partial charge in [0.15, 0.2) is 0 Å². The van der Waals surface area contributed by atoms with E-state index in [-0.39, 0.29) is 0 Å². The van der Waals surface area contributed by atoms with E-state index in [9.17, 15) is 0 Å². The average molecular weight is 154 g/mol. The smallest absolute Gasteiger partial charge is 0.0409 e. The molecule has 0 heterocycles. The van der Waals surface area contributed by atoms with E-state index in [2.05, 4.69) is 20.8 Å². The summed E-state index contributed by atoms with van der Waals surface area (Å²) < 4.78 is 0. The fourth-order valence-electron chi connectivity index (χ4n) is 2.01. The predicted molar refractivity (Wildman–Crippen MR) is 50.6 cm³/mol. The normalized spacial score (nSPS) is 30.5. The van der Waals surface area contributed by atoms with Gasteiger partial charge in [-0.05, 0) is 30.6 Å². The lowest BCUT2D eigenvalue weighted by atomic mass is 9.71. The zero-order valence-corrected chi connectivity index (χ0v) is 8.27. The van der Waals surface area contributed by atoms with E-state index in [4.69, 9.17) is 0 Å². The molecule has 0 N–H and O–H groups in total. The van der Waals surface area contributed by atoms with E-state index in [0.717, 1.165) is 17.8 Å². The van der Waals surface area contributed by atoms with E-state index in [0.29, 0.717) is 0 Å². The first kappa shape index (κ1) is 9.09. The maximum atomic E-state index is 2.33. The summed E-state index contributed by atoms with van der Waals surface area (Å²) >= 11 is 0. The second kappa shape index (κ2) is 4.13. The first-order valence-electron chi connectivity index (χ1n) is 5.22. The van der Waals surface area contributed by atoms with Crippen molar-refractivity contribution in [1.29, 1.82) is 0 Å². The Kier molecular flexibility index (Phi) is 3.42. The molecule has 0 aliphatic heterocycles. The van der Waals surface area contributed by atoms with E-state index in [1.165, 1.54) is 32.1 Å². The summed E-state index contributed by atoms with van der Waals surface area (Å²) in [5, 5.41) is 0. The molecule has 1 aliphatic rings. The molecule has 0 heteroatoms. The molecule has 0 atom stereocenters. The van der Waals surface area contributed by atoms with Crippen LogP contribution in [-0.4, -0.2) is 0 Å². The van der Waals surface area contributed by atoms with Gasteiger partial charge in [-0.1, -0.05) is 40.0 Å². The molecule has 11 heavy (non-hydrogen) atoms. The van der Waals surface area contributed by atoms with Crippen molar-refractivity contribution in [2.24, 2.45) is 17.8 Å². The van der Waals surface area contributed by atoms with Crippen LogP contribution < -0.4 is 0 Å². The van der Waals surface area contributed by atoms with Gasteiger partial charge in [0.2, 0.25) is 0 Å². The molecule has 0 bridgehead atoms. The van der Waals surface area contributed by atoms with Gasteiger partial charge in [-0.15, -0.1) is 0 Å². The van der Waals surface area contributed by atoms with Crippen LogP contribution in [0, 0.1) is 17.8 Å². The van der Waals surface area contributed by atoms with Crippen molar-refractivity contribution in [3.8, 4) is 0 Å². The van der Waals surface area contributed by atoms with Crippen molar-refractivity contribution in [3.63, 3.8) is 0 Å². The van der Waals surface area contributed by atoms with Crippen LogP contribution >= 0.6 is 0 Å². The van der Waals surface area contributed by atoms with Gasteiger partial charge in [0.05, 0.1) is 0 Å². The Morgan fingerprint density at radius 3 is 2.27 bits per heavy atom. The van der Waals surface area contributed by atoms with E-state index in [1.54, 1.807) is 0 Å². The molecule has 1 fully saturated rings. The first-order valence-corrected chi connectivity index (χ1v) is 5.22. The van der Waals surface area contributed by atoms with E-state index in [1.807, 2.05) is 0 Å². The Balaban J connectivity index is 1.96. The minimum atomic E-state index is 0.913. The first-order chi connectivity index (χ1) is 5.22. The van der Waals surface area contributed by atoms with Crippen molar-refractivity contribution in [2.75, 3.05) is 0 Å². The van der Waals surface area contributed by atoms with Crippen LogP contribution in [0.25, 0.3) is 0 Å². The third kappa shape index (κ3) is 2.84. The molecular formula is C11H22. The van der Waals surface area contributed by atoms with Gasteiger partial charge in [-0.2, -0.15) is 0 Å². The van der Waals surface area contributed by atoms with E-state index < -0.39 is 0 Å². The van der Waals surface area contributed by atoms with Crippen molar-refractivity contribution >= 4 is 0 Å². The van der Waals surface area contributed by atoms with Crippen LogP contribution in [0.5, 0.6) is 0 Å². The largest absolute Gasteiger partial charge is 0.0651 e. The highest BCUT2D eigenvalue weighted by Gasteiger charge is 2.26. The van der Waals surface area contributed by atoms with Crippen molar-refractivity contribution < 1.29 is 0 Å². The lowest BCUT2D eigenvalue weighted by Gasteiger charge is -2.35. The Morgan fingerprint density at radius 1 is 1.18 bits per heavy atom. The fourth-order valence-corrected chi connectivity index (χ4v) is 2.01. The highest BCUT2D eigenvalue weighted by Crippen LogP contribution is 2.39. The van der Waals surface area contributed by atoms with Gasteiger partial charge in [-0.3, -0.25) is 0 Å². The molecule has 0 aromatic heterocycles. The van der Waals surface area contributed by atoms with Gasteiger partial charge in [0.25, 0.3) is 0 Å². The molecule has 0 unspecified atom stereocenters. The lowest BCUT2D eigenvalue weighted by molar-refractivity contribution is 0.169. The second-order valence-electron chi connectivity index (χ2n) is 4.58. The third-order valence-electron chi connectivity index (χ3n) is 3.06. The summed E-state index contributed by atoms with van der Waals surface area (Å²) in [6, 6.07) is 0. The second-order valence-corrected chi connectivity index (χ2v) is 4.58. The molecule has 66 valence electrons. The summed E-state index contributed by atoms with van der Waals surface area (Å²) in [6.45, 7) is 6.98. The van der Waals surface area contributed by atoms with Gasteiger partial charge >= 0.3 is 0 Å². The predicted octanol–water partition coefficient (Wildman–Crippen LogP) is 3.86. The van der Waals surface area contributed by atoms with Gasteiger partial charge in [-0.25, -0.2) is 0 Å². The Labute approximate surface area is 71.4 Å². The Hall–Kier alpha value is 0.